The lowest BCUT2D eigenvalue weighted by Gasteiger charge is -2.27. The lowest BCUT2D eigenvalue weighted by atomic mass is 9.80. The Labute approximate surface area is 105 Å². The molecule has 0 aromatic carbocycles. The van der Waals surface area contributed by atoms with Crippen LogP contribution in [0.1, 0.15) is 57.8 Å². The molecule has 0 atom stereocenters. The summed E-state index contributed by atoms with van der Waals surface area (Å²) in [6, 6.07) is 0.475. The Balaban J connectivity index is 1.65. The molecule has 3 heteroatoms. The van der Waals surface area contributed by atoms with Crippen LogP contribution in [0.5, 0.6) is 0 Å². The third-order valence-electron chi connectivity index (χ3n) is 4.49. The summed E-state index contributed by atoms with van der Waals surface area (Å²) in [7, 11) is 0. The van der Waals surface area contributed by atoms with E-state index in [1.807, 2.05) is 0 Å². The maximum Gasteiger partial charge on any atom is 0.220 e. The largest absolute Gasteiger partial charge is 0.353 e. The highest BCUT2D eigenvalue weighted by Crippen LogP contribution is 2.30. The van der Waals surface area contributed by atoms with Crippen molar-refractivity contribution in [2.45, 2.75) is 63.8 Å². The van der Waals surface area contributed by atoms with Gasteiger partial charge in [0.25, 0.3) is 0 Å². The molecule has 98 valence electrons. The van der Waals surface area contributed by atoms with E-state index >= 15 is 0 Å². The first-order valence-electron chi connectivity index (χ1n) is 7.27. The fourth-order valence-corrected chi connectivity index (χ4v) is 3.29. The van der Waals surface area contributed by atoms with Gasteiger partial charge in [0.15, 0.2) is 0 Å². The Morgan fingerprint density at radius 2 is 1.59 bits per heavy atom. The van der Waals surface area contributed by atoms with Gasteiger partial charge in [-0.3, -0.25) is 4.79 Å². The van der Waals surface area contributed by atoms with E-state index in [1.165, 1.54) is 51.4 Å². The highest BCUT2D eigenvalue weighted by molar-refractivity contribution is 5.76. The van der Waals surface area contributed by atoms with Crippen molar-refractivity contribution in [3.8, 4) is 0 Å². The molecule has 17 heavy (non-hydrogen) atoms. The van der Waals surface area contributed by atoms with Crippen LogP contribution in [0.25, 0.3) is 0 Å². The van der Waals surface area contributed by atoms with Crippen molar-refractivity contribution < 1.29 is 4.79 Å². The number of carbonyl (C=O) groups is 1. The molecular formula is C14H26N2O. The molecule has 0 saturated heterocycles. The number of hydrogen-bond donors (Lipinski definition) is 2. The van der Waals surface area contributed by atoms with E-state index in [1.54, 1.807) is 0 Å². The van der Waals surface area contributed by atoms with Gasteiger partial charge in [0.2, 0.25) is 5.91 Å². The molecule has 2 aliphatic rings. The molecule has 0 aromatic heterocycles. The van der Waals surface area contributed by atoms with Gasteiger partial charge in [-0.15, -0.1) is 0 Å². The summed E-state index contributed by atoms with van der Waals surface area (Å²) in [5.74, 6) is 1.61. The molecule has 3 N–H and O–H groups in total. The average Bonchev–Trinajstić information content (AvgIpc) is 2.82. The van der Waals surface area contributed by atoms with Gasteiger partial charge in [0.1, 0.15) is 0 Å². The third-order valence-corrected chi connectivity index (χ3v) is 4.49. The first kappa shape index (κ1) is 12.9. The molecule has 0 aliphatic heterocycles. The smallest absolute Gasteiger partial charge is 0.220 e. The standard InChI is InChI=1S/C14H26N2O/c15-10-12-7-5-11(6-8-12)9-14(17)16-13-3-1-2-4-13/h11-13H,1-10,15H2,(H,16,17). The number of nitrogens with one attached hydrogen (secondary N) is 1. The van der Waals surface area contributed by atoms with Crippen LogP contribution in [0, 0.1) is 11.8 Å². The van der Waals surface area contributed by atoms with Crippen LogP contribution in [-0.2, 0) is 4.79 Å². The van der Waals surface area contributed by atoms with Gasteiger partial charge in [0.05, 0.1) is 0 Å². The van der Waals surface area contributed by atoms with Crippen LogP contribution in [0.15, 0.2) is 0 Å². The number of amides is 1. The first-order valence-corrected chi connectivity index (χ1v) is 7.27. The van der Waals surface area contributed by atoms with E-state index in [0.29, 0.717) is 17.9 Å². The normalized spacial score (nSPS) is 30.4. The average molecular weight is 238 g/mol. The molecule has 2 rings (SSSR count). The third kappa shape index (κ3) is 3.98. The molecule has 0 heterocycles. The second kappa shape index (κ2) is 6.39. The minimum Gasteiger partial charge on any atom is -0.353 e. The highest BCUT2D eigenvalue weighted by Gasteiger charge is 2.23. The van der Waals surface area contributed by atoms with Crippen LogP contribution in [0.2, 0.25) is 0 Å². The Kier molecular flexibility index (Phi) is 4.84. The number of hydrogen-bond acceptors (Lipinski definition) is 2. The maximum atomic E-state index is 11.9. The zero-order valence-corrected chi connectivity index (χ0v) is 10.8. The van der Waals surface area contributed by atoms with Crippen LogP contribution in [0.4, 0.5) is 0 Å². The SMILES string of the molecule is NCC1CCC(CC(=O)NC2CCCC2)CC1. The molecule has 0 radical (unpaired) electrons. The Morgan fingerprint density at radius 1 is 1.00 bits per heavy atom. The highest BCUT2D eigenvalue weighted by atomic mass is 16.1. The molecule has 1 amide bonds. The van der Waals surface area contributed by atoms with Crippen molar-refractivity contribution in [1.82, 2.24) is 5.32 Å². The molecule has 3 nitrogen and oxygen atoms in total. The van der Waals surface area contributed by atoms with E-state index in [9.17, 15) is 4.79 Å². The first-order chi connectivity index (χ1) is 8.28. The summed E-state index contributed by atoms with van der Waals surface area (Å²) in [6.07, 6.45) is 10.5. The Morgan fingerprint density at radius 3 is 2.18 bits per heavy atom. The van der Waals surface area contributed by atoms with Gasteiger partial charge in [-0.25, -0.2) is 0 Å². The summed E-state index contributed by atoms with van der Waals surface area (Å²) in [5, 5.41) is 3.19. The van der Waals surface area contributed by atoms with E-state index < -0.39 is 0 Å². The molecule has 2 aliphatic carbocycles. The van der Waals surface area contributed by atoms with Gasteiger partial charge in [-0.1, -0.05) is 12.8 Å². The van der Waals surface area contributed by atoms with Crippen LogP contribution >= 0.6 is 0 Å². The van der Waals surface area contributed by atoms with Crippen molar-refractivity contribution in [2.75, 3.05) is 6.54 Å². The molecule has 0 aromatic rings. The van der Waals surface area contributed by atoms with Gasteiger partial charge < -0.3 is 11.1 Å². The molecule has 2 fully saturated rings. The molecule has 2 saturated carbocycles. The zero-order valence-electron chi connectivity index (χ0n) is 10.8. The Hall–Kier alpha value is -0.570. The molecule has 0 spiro atoms. The summed E-state index contributed by atoms with van der Waals surface area (Å²) in [4.78, 5) is 11.9. The summed E-state index contributed by atoms with van der Waals surface area (Å²) in [5.41, 5.74) is 5.68. The Bertz CT molecular complexity index is 241. The minimum absolute atomic E-state index is 0.285. The lowest BCUT2D eigenvalue weighted by Crippen LogP contribution is -2.34. The number of rotatable bonds is 4. The summed E-state index contributed by atoms with van der Waals surface area (Å²) >= 11 is 0. The van der Waals surface area contributed by atoms with Crippen molar-refractivity contribution in [2.24, 2.45) is 17.6 Å². The summed E-state index contributed by atoms with van der Waals surface area (Å²) in [6.45, 7) is 0.820. The van der Waals surface area contributed by atoms with Gasteiger partial charge in [-0.2, -0.15) is 0 Å². The topological polar surface area (TPSA) is 55.1 Å². The van der Waals surface area contributed by atoms with Gasteiger partial charge >= 0.3 is 0 Å². The molecule has 0 bridgehead atoms. The monoisotopic (exact) mass is 238 g/mol. The van der Waals surface area contributed by atoms with Crippen LogP contribution in [-0.4, -0.2) is 18.5 Å². The van der Waals surface area contributed by atoms with Crippen molar-refractivity contribution in [3.05, 3.63) is 0 Å². The van der Waals surface area contributed by atoms with E-state index in [-0.39, 0.29) is 5.91 Å². The van der Waals surface area contributed by atoms with Gasteiger partial charge in [-0.05, 0) is 56.9 Å². The second-order valence-corrected chi connectivity index (χ2v) is 5.88. The maximum absolute atomic E-state index is 11.9. The van der Waals surface area contributed by atoms with Crippen molar-refractivity contribution in [1.29, 1.82) is 0 Å². The van der Waals surface area contributed by atoms with E-state index in [4.69, 9.17) is 5.73 Å². The lowest BCUT2D eigenvalue weighted by molar-refractivity contribution is -0.123. The van der Waals surface area contributed by atoms with Crippen LogP contribution in [0.3, 0.4) is 0 Å². The predicted octanol–water partition coefficient (Wildman–Crippen LogP) is 2.20. The van der Waals surface area contributed by atoms with E-state index in [2.05, 4.69) is 5.32 Å². The minimum atomic E-state index is 0.285. The number of carbonyl (C=O) groups excluding carboxylic acids is 1. The van der Waals surface area contributed by atoms with Crippen molar-refractivity contribution in [3.63, 3.8) is 0 Å². The zero-order chi connectivity index (χ0) is 12.1. The van der Waals surface area contributed by atoms with Crippen molar-refractivity contribution >= 4 is 5.91 Å². The van der Waals surface area contributed by atoms with Crippen LogP contribution < -0.4 is 11.1 Å². The molecule has 0 unspecified atom stereocenters. The molecular weight excluding hydrogens is 212 g/mol. The summed E-state index contributed by atoms with van der Waals surface area (Å²) < 4.78 is 0. The van der Waals surface area contributed by atoms with E-state index in [0.717, 1.165) is 13.0 Å². The second-order valence-electron chi connectivity index (χ2n) is 5.88. The quantitative estimate of drug-likeness (QED) is 0.789. The predicted molar refractivity (Wildman–Crippen MR) is 69.5 cm³/mol. The fraction of sp³-hybridized carbons (Fsp3) is 0.929. The number of nitrogens with two attached hydrogens (primary N) is 1. The fourth-order valence-electron chi connectivity index (χ4n) is 3.29. The van der Waals surface area contributed by atoms with Gasteiger partial charge in [0, 0.05) is 12.5 Å².